The van der Waals surface area contributed by atoms with Gasteiger partial charge in [0, 0.05) is 0 Å². The molecule has 1 aliphatic rings. The van der Waals surface area contributed by atoms with Crippen LogP contribution in [-0.2, 0) is 19.1 Å². The van der Waals surface area contributed by atoms with E-state index in [0.29, 0.717) is 28.3 Å². The minimum Gasteiger partial charge on any atom is -0.462 e. The number of hydrogen-bond acceptors (Lipinski definition) is 4. The Bertz CT molecular complexity index is 447. The summed E-state index contributed by atoms with van der Waals surface area (Å²) in [7, 11) is 0. The van der Waals surface area contributed by atoms with E-state index in [1.807, 2.05) is 4.01 Å². The zero-order valence-corrected chi connectivity index (χ0v) is 14.3. The second kappa shape index (κ2) is 9.05. The zero-order chi connectivity index (χ0) is 15.0. The monoisotopic (exact) mass is 392 g/mol. The Hall–Kier alpha value is -0.980. The van der Waals surface area contributed by atoms with Crippen LogP contribution in [0.5, 0.6) is 0 Å². The molecule has 1 heterocycles. The van der Waals surface area contributed by atoms with Crippen LogP contribution in [0.15, 0.2) is 21.3 Å². The van der Waals surface area contributed by atoms with Crippen molar-refractivity contribution in [2.24, 2.45) is 5.92 Å². The summed E-state index contributed by atoms with van der Waals surface area (Å²) in [6, 6.07) is 0. The SMILES string of the molecule is CCOC(=O)C1=C(C(=O)OCCCC(C)C)I=CC=C1. The predicted molar refractivity (Wildman–Crippen MR) is 87.9 cm³/mol. The highest BCUT2D eigenvalue weighted by atomic mass is 127. The average Bonchev–Trinajstić information content (AvgIpc) is 2.43. The Morgan fingerprint density at radius 2 is 2.00 bits per heavy atom. The Kier molecular flexibility index (Phi) is 7.72. The topological polar surface area (TPSA) is 52.6 Å². The van der Waals surface area contributed by atoms with Crippen LogP contribution < -0.4 is 0 Å². The van der Waals surface area contributed by atoms with Crippen molar-refractivity contribution in [2.45, 2.75) is 33.6 Å². The van der Waals surface area contributed by atoms with E-state index < -0.39 is 26.7 Å². The molecule has 0 fully saturated rings. The maximum atomic E-state index is 12.0. The molecule has 20 heavy (non-hydrogen) atoms. The lowest BCUT2D eigenvalue weighted by Gasteiger charge is -2.11. The second-order valence-electron chi connectivity index (χ2n) is 4.71. The summed E-state index contributed by atoms with van der Waals surface area (Å²) in [5, 5.41) is 0. The first-order valence-corrected chi connectivity index (χ1v) is 9.10. The molecule has 0 aromatic heterocycles. The fourth-order valence-electron chi connectivity index (χ4n) is 1.60. The summed E-state index contributed by atoms with van der Waals surface area (Å²) in [6.45, 7) is 6.72. The van der Waals surface area contributed by atoms with Crippen LogP contribution in [0, 0.1) is 5.92 Å². The Morgan fingerprint density at radius 1 is 1.25 bits per heavy atom. The fourth-order valence-corrected chi connectivity index (χ4v) is 3.52. The minimum atomic E-state index is -0.619. The van der Waals surface area contributed by atoms with Crippen LogP contribution in [0.3, 0.4) is 0 Å². The lowest BCUT2D eigenvalue weighted by molar-refractivity contribution is -0.141. The van der Waals surface area contributed by atoms with Gasteiger partial charge in [0.05, 0.1) is 18.8 Å². The molecular formula is C15H21IO4. The van der Waals surface area contributed by atoms with Gasteiger partial charge in [0.25, 0.3) is 0 Å². The van der Waals surface area contributed by atoms with E-state index in [4.69, 9.17) is 9.47 Å². The Morgan fingerprint density at radius 3 is 2.65 bits per heavy atom. The van der Waals surface area contributed by atoms with Gasteiger partial charge in [0.2, 0.25) is 0 Å². The fraction of sp³-hybridized carbons (Fsp3) is 0.533. The molecule has 112 valence electrons. The molecule has 0 bridgehead atoms. The van der Waals surface area contributed by atoms with Gasteiger partial charge in [-0.2, -0.15) is 0 Å². The van der Waals surface area contributed by atoms with Crippen LogP contribution in [0.4, 0.5) is 0 Å². The first-order chi connectivity index (χ1) is 9.56. The average molecular weight is 392 g/mol. The summed E-state index contributed by atoms with van der Waals surface area (Å²) >= 11 is -0.619. The van der Waals surface area contributed by atoms with Gasteiger partial charge in [-0.15, -0.1) is 0 Å². The van der Waals surface area contributed by atoms with Gasteiger partial charge < -0.3 is 9.47 Å². The van der Waals surface area contributed by atoms with Crippen molar-refractivity contribution < 1.29 is 19.1 Å². The van der Waals surface area contributed by atoms with E-state index in [1.165, 1.54) is 0 Å². The largest absolute Gasteiger partial charge is 0.462 e. The first kappa shape index (κ1) is 17.1. The van der Waals surface area contributed by atoms with Gasteiger partial charge >= 0.3 is 11.9 Å². The highest BCUT2D eigenvalue weighted by Gasteiger charge is 2.21. The van der Waals surface area contributed by atoms with Gasteiger partial charge in [-0.1, -0.05) is 40.7 Å². The van der Waals surface area contributed by atoms with E-state index in [0.717, 1.165) is 12.8 Å². The number of carbonyl (C=O) groups excluding carboxylic acids is 2. The van der Waals surface area contributed by atoms with Crippen LogP contribution in [0.1, 0.15) is 33.6 Å². The van der Waals surface area contributed by atoms with Gasteiger partial charge in [0.15, 0.2) is 0 Å². The standard InChI is InChI=1S/C15H21IO4/c1-4-19-14(17)12-8-5-9-16-13(12)15(18)20-10-6-7-11(2)3/h5,8-9,11H,4,6-7,10H2,1-3H3. The molecule has 4 nitrogen and oxygen atoms in total. The van der Waals surface area contributed by atoms with E-state index >= 15 is 0 Å². The number of rotatable bonds is 7. The quantitative estimate of drug-likeness (QED) is 0.380. The molecule has 0 saturated heterocycles. The Labute approximate surface area is 130 Å². The van der Waals surface area contributed by atoms with Crippen LogP contribution in [0.25, 0.3) is 0 Å². The van der Waals surface area contributed by atoms with Crippen molar-refractivity contribution >= 4 is 36.7 Å². The van der Waals surface area contributed by atoms with Gasteiger partial charge in [-0.25, -0.2) is 9.59 Å². The van der Waals surface area contributed by atoms with Crippen molar-refractivity contribution in [2.75, 3.05) is 13.2 Å². The third-order valence-corrected chi connectivity index (χ3v) is 5.00. The molecular weight excluding hydrogens is 371 g/mol. The van der Waals surface area contributed by atoms with E-state index in [9.17, 15) is 9.59 Å². The molecule has 0 aromatic carbocycles. The second-order valence-corrected chi connectivity index (χ2v) is 7.14. The molecule has 0 saturated carbocycles. The van der Waals surface area contributed by atoms with Crippen molar-refractivity contribution in [3.05, 3.63) is 21.3 Å². The number of hydrogen-bond donors (Lipinski definition) is 0. The summed E-state index contributed by atoms with van der Waals surface area (Å²) in [6.07, 6.45) is 5.31. The van der Waals surface area contributed by atoms with Crippen LogP contribution in [-0.4, -0.2) is 29.2 Å². The van der Waals surface area contributed by atoms with E-state index in [2.05, 4.69) is 13.8 Å². The zero-order valence-electron chi connectivity index (χ0n) is 12.1. The summed E-state index contributed by atoms with van der Waals surface area (Å²) in [4.78, 5) is 23.8. The van der Waals surface area contributed by atoms with Gasteiger partial charge in [-0.05, 0) is 35.8 Å². The molecule has 0 aliphatic carbocycles. The summed E-state index contributed by atoms with van der Waals surface area (Å²) in [5.41, 5.74) is 0.357. The number of ether oxygens (including phenoxy) is 2. The predicted octanol–water partition coefficient (Wildman–Crippen LogP) is 3.13. The maximum Gasteiger partial charge on any atom is 0.344 e. The third kappa shape index (κ3) is 5.56. The number of esters is 2. The number of allylic oxidation sites excluding steroid dienone is 1. The molecule has 0 spiro atoms. The van der Waals surface area contributed by atoms with Crippen molar-refractivity contribution in [3.63, 3.8) is 0 Å². The highest BCUT2D eigenvalue weighted by molar-refractivity contribution is 14.2. The maximum absolute atomic E-state index is 12.0. The summed E-state index contributed by atoms with van der Waals surface area (Å²) in [5.74, 6) is -0.211. The molecule has 0 atom stereocenters. The van der Waals surface area contributed by atoms with Crippen LogP contribution >= 0.6 is 20.7 Å². The smallest absolute Gasteiger partial charge is 0.344 e. The molecule has 0 aromatic rings. The highest BCUT2D eigenvalue weighted by Crippen LogP contribution is 2.25. The number of carbonyl (C=O) groups is 2. The minimum absolute atomic E-state index is 0.301. The van der Waals surface area contributed by atoms with Gasteiger partial charge in [0.1, 0.15) is 3.58 Å². The van der Waals surface area contributed by atoms with Crippen molar-refractivity contribution in [1.82, 2.24) is 0 Å². The molecule has 1 aliphatic heterocycles. The van der Waals surface area contributed by atoms with Gasteiger partial charge in [-0.3, -0.25) is 0 Å². The molecule has 5 heteroatoms. The normalized spacial score (nSPS) is 14.2. The first-order valence-electron chi connectivity index (χ1n) is 6.78. The lowest BCUT2D eigenvalue weighted by atomic mass is 10.1. The Balaban J connectivity index is 2.65. The van der Waals surface area contributed by atoms with E-state index in [1.54, 1.807) is 19.1 Å². The molecule has 1 rings (SSSR count). The van der Waals surface area contributed by atoms with Crippen molar-refractivity contribution in [1.29, 1.82) is 0 Å². The summed E-state index contributed by atoms with van der Waals surface area (Å²) < 4.78 is 12.7. The molecule has 0 N–H and O–H groups in total. The molecule has 0 unspecified atom stereocenters. The third-order valence-electron chi connectivity index (χ3n) is 2.58. The lowest BCUT2D eigenvalue weighted by Crippen LogP contribution is -2.14. The molecule has 0 radical (unpaired) electrons. The molecule has 0 amide bonds. The van der Waals surface area contributed by atoms with Crippen molar-refractivity contribution in [3.8, 4) is 0 Å². The van der Waals surface area contributed by atoms with E-state index in [-0.39, 0.29) is 5.97 Å². The number of halogens is 1. The van der Waals surface area contributed by atoms with Crippen LogP contribution in [0.2, 0.25) is 0 Å².